The molecule has 3 heterocycles. The van der Waals surface area contributed by atoms with E-state index < -0.39 is 0 Å². The van der Waals surface area contributed by atoms with Gasteiger partial charge in [-0.05, 0) is 55.5 Å². The molecule has 0 saturated carbocycles. The molecule has 0 fully saturated rings. The number of aromatic nitrogens is 4. The van der Waals surface area contributed by atoms with Gasteiger partial charge < -0.3 is 10.2 Å². The van der Waals surface area contributed by atoms with Crippen LogP contribution in [-0.4, -0.2) is 38.5 Å². The Bertz CT molecular complexity index is 1190. The molecule has 32 heavy (non-hydrogen) atoms. The van der Waals surface area contributed by atoms with Gasteiger partial charge in [-0.2, -0.15) is 5.26 Å². The molecule has 8 nitrogen and oxygen atoms in total. The van der Waals surface area contributed by atoms with E-state index in [1.54, 1.807) is 23.0 Å². The summed E-state index contributed by atoms with van der Waals surface area (Å²) in [5, 5.41) is 20.9. The quantitative estimate of drug-likeness (QED) is 0.669. The van der Waals surface area contributed by atoms with Gasteiger partial charge in [-0.15, -0.1) is 5.10 Å². The van der Waals surface area contributed by atoms with Crippen LogP contribution in [0.5, 0.6) is 0 Å². The van der Waals surface area contributed by atoms with E-state index in [0.29, 0.717) is 35.2 Å². The summed E-state index contributed by atoms with van der Waals surface area (Å²) < 4.78 is 1.75. The van der Waals surface area contributed by atoms with Gasteiger partial charge in [0, 0.05) is 25.3 Å². The molecule has 1 aliphatic rings. The van der Waals surface area contributed by atoms with E-state index >= 15 is 0 Å². The van der Waals surface area contributed by atoms with Crippen LogP contribution in [0, 0.1) is 24.2 Å². The van der Waals surface area contributed by atoms with Crippen LogP contribution in [-0.2, 0) is 13.0 Å². The van der Waals surface area contributed by atoms with Crippen molar-refractivity contribution in [1.29, 1.82) is 5.26 Å². The van der Waals surface area contributed by atoms with Gasteiger partial charge in [0.25, 0.3) is 5.91 Å². The number of nitrogens with zero attached hydrogens (tertiary/aromatic N) is 6. The molecule has 2 aromatic heterocycles. The fraction of sp³-hybridized carbons (Fsp3) is 0.375. The zero-order valence-electron chi connectivity index (χ0n) is 18.8. The Morgan fingerprint density at radius 3 is 2.78 bits per heavy atom. The Kier molecular flexibility index (Phi) is 5.91. The summed E-state index contributed by atoms with van der Waals surface area (Å²) in [6.07, 6.45) is 2.49. The van der Waals surface area contributed by atoms with E-state index in [9.17, 15) is 10.1 Å². The minimum absolute atomic E-state index is 0.0485. The maximum atomic E-state index is 12.7. The first-order valence-corrected chi connectivity index (χ1v) is 10.8. The third kappa shape index (κ3) is 3.94. The van der Waals surface area contributed by atoms with Gasteiger partial charge in [0.1, 0.15) is 11.9 Å². The van der Waals surface area contributed by atoms with Crippen molar-refractivity contribution in [2.45, 2.75) is 46.7 Å². The highest BCUT2D eigenvalue weighted by atomic mass is 16.2. The van der Waals surface area contributed by atoms with Gasteiger partial charge in [-0.25, -0.2) is 9.67 Å². The fourth-order valence-corrected chi connectivity index (χ4v) is 3.91. The zero-order chi connectivity index (χ0) is 22.8. The lowest BCUT2D eigenvalue weighted by Crippen LogP contribution is -2.36. The molecule has 1 aliphatic heterocycles. The molecular weight excluding hydrogens is 402 g/mol. The molecule has 0 spiro atoms. The van der Waals surface area contributed by atoms with Crippen molar-refractivity contribution in [2.24, 2.45) is 5.92 Å². The maximum absolute atomic E-state index is 12.7. The second-order valence-electron chi connectivity index (χ2n) is 8.51. The molecule has 164 valence electrons. The number of rotatable bonds is 5. The van der Waals surface area contributed by atoms with Gasteiger partial charge in [0.05, 0.1) is 16.9 Å². The lowest BCUT2D eigenvalue weighted by Gasteiger charge is -2.31. The second-order valence-corrected chi connectivity index (χ2v) is 8.51. The number of anilines is 1. The first kappa shape index (κ1) is 21.5. The average molecular weight is 430 g/mol. The molecule has 1 aromatic carbocycles. The Morgan fingerprint density at radius 2 is 2.03 bits per heavy atom. The molecule has 0 saturated heterocycles. The number of pyridine rings is 1. The minimum Gasteiger partial charge on any atom is -0.351 e. The number of hydrogen-bond donors (Lipinski definition) is 1. The molecule has 0 radical (unpaired) electrons. The monoisotopic (exact) mass is 429 g/mol. The number of fused-ring (bicyclic) bond motifs is 1. The van der Waals surface area contributed by atoms with Crippen LogP contribution in [0.3, 0.4) is 0 Å². The topological polar surface area (TPSA) is 99.7 Å². The smallest absolute Gasteiger partial charge is 0.273 e. The van der Waals surface area contributed by atoms with Crippen molar-refractivity contribution < 1.29 is 4.79 Å². The molecule has 1 atom stereocenters. The molecule has 8 heteroatoms. The van der Waals surface area contributed by atoms with Gasteiger partial charge in [-0.3, -0.25) is 4.79 Å². The van der Waals surface area contributed by atoms with E-state index in [4.69, 9.17) is 0 Å². The Morgan fingerprint density at radius 1 is 1.22 bits per heavy atom. The van der Waals surface area contributed by atoms with Crippen LogP contribution in [0.2, 0.25) is 0 Å². The highest BCUT2D eigenvalue weighted by molar-refractivity contribution is 5.93. The fourth-order valence-electron chi connectivity index (χ4n) is 3.91. The van der Waals surface area contributed by atoms with E-state index in [-0.39, 0.29) is 11.9 Å². The number of nitrogens with one attached hydrogen (secondary N) is 1. The number of benzene rings is 1. The van der Waals surface area contributed by atoms with E-state index in [1.165, 1.54) is 5.56 Å². The number of hydrogen-bond acceptors (Lipinski definition) is 6. The maximum Gasteiger partial charge on any atom is 0.273 e. The SMILES string of the molecule is Cc1c(C(=O)N[C@H](C)C(C)C)nnn1-c1cccc2c1CCN(c1ncccc1C#N)C2. The summed E-state index contributed by atoms with van der Waals surface area (Å²) in [5.74, 6) is 0.838. The third-order valence-electron chi connectivity index (χ3n) is 6.14. The van der Waals surface area contributed by atoms with Crippen LogP contribution in [0.25, 0.3) is 5.69 Å². The first-order valence-electron chi connectivity index (χ1n) is 10.8. The van der Waals surface area contributed by atoms with Crippen molar-refractivity contribution in [2.75, 3.05) is 11.4 Å². The highest BCUT2D eigenvalue weighted by Crippen LogP contribution is 2.29. The number of carbonyl (C=O) groups excluding carboxylic acids is 1. The largest absolute Gasteiger partial charge is 0.351 e. The molecule has 1 amide bonds. The second kappa shape index (κ2) is 8.79. The van der Waals surface area contributed by atoms with E-state index in [0.717, 1.165) is 24.2 Å². The van der Waals surface area contributed by atoms with Gasteiger partial charge in [0.2, 0.25) is 0 Å². The predicted molar refractivity (Wildman–Crippen MR) is 122 cm³/mol. The molecule has 0 bridgehead atoms. The molecule has 1 N–H and O–H groups in total. The Balaban J connectivity index is 1.63. The van der Waals surface area contributed by atoms with Crippen molar-refractivity contribution in [3.8, 4) is 11.8 Å². The molecule has 3 aromatic rings. The Hall–Kier alpha value is -3.73. The Labute approximate surface area is 187 Å². The number of amides is 1. The summed E-state index contributed by atoms with van der Waals surface area (Å²) in [4.78, 5) is 19.3. The van der Waals surface area contributed by atoms with Gasteiger partial charge >= 0.3 is 0 Å². The van der Waals surface area contributed by atoms with Gasteiger partial charge in [-0.1, -0.05) is 31.2 Å². The van der Waals surface area contributed by atoms with E-state index in [2.05, 4.69) is 51.5 Å². The summed E-state index contributed by atoms with van der Waals surface area (Å²) in [6, 6.07) is 11.9. The minimum atomic E-state index is -0.204. The number of carbonyl (C=O) groups is 1. The lowest BCUT2D eigenvalue weighted by atomic mass is 9.97. The normalized spacial score (nSPS) is 14.1. The predicted octanol–water partition coefficient (Wildman–Crippen LogP) is 3.18. The van der Waals surface area contributed by atoms with Crippen LogP contribution in [0.1, 0.15) is 53.6 Å². The molecule has 0 aliphatic carbocycles. The lowest BCUT2D eigenvalue weighted by molar-refractivity contribution is 0.0924. The molecule has 4 rings (SSSR count). The zero-order valence-corrected chi connectivity index (χ0v) is 18.8. The van der Waals surface area contributed by atoms with Crippen LogP contribution in [0.4, 0.5) is 5.82 Å². The van der Waals surface area contributed by atoms with Crippen molar-refractivity contribution in [1.82, 2.24) is 25.3 Å². The van der Waals surface area contributed by atoms with Crippen molar-refractivity contribution in [3.05, 3.63) is 64.6 Å². The summed E-state index contributed by atoms with van der Waals surface area (Å²) in [6.45, 7) is 9.39. The number of nitriles is 1. The van der Waals surface area contributed by atoms with E-state index in [1.807, 2.05) is 26.0 Å². The van der Waals surface area contributed by atoms with Crippen LogP contribution in [0.15, 0.2) is 36.5 Å². The summed E-state index contributed by atoms with van der Waals surface area (Å²) >= 11 is 0. The van der Waals surface area contributed by atoms with Crippen LogP contribution >= 0.6 is 0 Å². The third-order valence-corrected chi connectivity index (χ3v) is 6.14. The highest BCUT2D eigenvalue weighted by Gasteiger charge is 2.25. The molecular formula is C24H27N7O. The first-order chi connectivity index (χ1) is 15.4. The average Bonchev–Trinajstić information content (AvgIpc) is 3.19. The summed E-state index contributed by atoms with van der Waals surface area (Å²) in [7, 11) is 0. The standard InChI is InChI=1S/C24H27N7O/c1-15(2)16(3)27-24(32)22-17(4)31(29-28-22)21-9-5-7-19-14-30(12-10-20(19)21)23-18(13-25)8-6-11-26-23/h5-9,11,15-16H,10,12,14H2,1-4H3,(H,27,32)/t16-/m1/s1. The summed E-state index contributed by atoms with van der Waals surface area (Å²) in [5.41, 5.74) is 4.90. The van der Waals surface area contributed by atoms with Gasteiger partial charge in [0.15, 0.2) is 5.69 Å². The van der Waals surface area contributed by atoms with Crippen LogP contribution < -0.4 is 10.2 Å². The van der Waals surface area contributed by atoms with Crippen molar-refractivity contribution >= 4 is 11.7 Å². The molecule has 0 unspecified atom stereocenters. The van der Waals surface area contributed by atoms with Crippen molar-refractivity contribution in [3.63, 3.8) is 0 Å².